The van der Waals surface area contributed by atoms with E-state index in [9.17, 15) is 0 Å². The molecule has 0 rings (SSSR count). The fourth-order valence-electron chi connectivity index (χ4n) is 0.563. The quantitative estimate of drug-likeness (QED) is 0.578. The fraction of sp³-hybridized carbons (Fsp3) is 0.750. The predicted octanol–water partition coefficient (Wildman–Crippen LogP) is 1.02. The Morgan fingerprint density at radius 2 is 1.70 bits per heavy atom. The van der Waals surface area contributed by atoms with E-state index in [1.807, 2.05) is 20.8 Å². The van der Waals surface area contributed by atoms with Crippen molar-refractivity contribution in [2.75, 3.05) is 0 Å². The molecule has 1 atom stereocenters. The monoisotopic (exact) mass is 142 g/mol. The second-order valence-corrected chi connectivity index (χ2v) is 3.63. The Morgan fingerprint density at radius 1 is 1.30 bits per heavy atom. The van der Waals surface area contributed by atoms with Crippen LogP contribution in [0.3, 0.4) is 0 Å². The maximum atomic E-state index is 5.91. The highest BCUT2D eigenvalue weighted by Gasteiger charge is 2.32. The highest BCUT2D eigenvalue weighted by atomic mass is 14.9. The number of hydrogen-bond donors (Lipinski definition) is 2. The Bertz CT molecular complexity index is 120. The van der Waals surface area contributed by atoms with Crippen molar-refractivity contribution < 1.29 is 0 Å². The van der Waals surface area contributed by atoms with Gasteiger partial charge in [-0.1, -0.05) is 6.08 Å². The Hall–Kier alpha value is -0.340. The second kappa shape index (κ2) is 2.72. The predicted molar refractivity (Wildman–Crippen MR) is 45.7 cm³/mol. The molecule has 0 saturated heterocycles. The summed E-state index contributed by atoms with van der Waals surface area (Å²) in [5.41, 5.74) is 11.0. The molecule has 0 aromatic rings. The first-order chi connectivity index (χ1) is 4.31. The maximum absolute atomic E-state index is 5.91. The molecule has 1 unspecified atom stereocenters. The van der Waals surface area contributed by atoms with Crippen LogP contribution in [-0.4, -0.2) is 11.1 Å². The molecule has 0 heterocycles. The van der Waals surface area contributed by atoms with Gasteiger partial charge < -0.3 is 11.5 Å². The van der Waals surface area contributed by atoms with Crippen molar-refractivity contribution in [3.63, 3.8) is 0 Å². The molecule has 60 valence electrons. The van der Waals surface area contributed by atoms with E-state index >= 15 is 0 Å². The fourth-order valence-corrected chi connectivity index (χ4v) is 0.563. The third kappa shape index (κ3) is 2.12. The first-order valence-electron chi connectivity index (χ1n) is 3.50. The van der Waals surface area contributed by atoms with Gasteiger partial charge in [0.15, 0.2) is 0 Å². The third-order valence-corrected chi connectivity index (χ3v) is 2.04. The summed E-state index contributed by atoms with van der Waals surface area (Å²) in [5, 5.41) is 0. The molecular weight excluding hydrogens is 124 g/mol. The average Bonchev–Trinajstić information content (AvgIpc) is 1.61. The zero-order chi connectivity index (χ0) is 8.41. The standard InChI is InChI=1S/C8H18N2/c1-5-6-8(4,10)7(2,3)9/h5H,1,6,9-10H2,2-4H3. The topological polar surface area (TPSA) is 52.0 Å². The van der Waals surface area contributed by atoms with Crippen LogP contribution >= 0.6 is 0 Å². The number of nitrogens with two attached hydrogens (primary N) is 2. The van der Waals surface area contributed by atoms with Crippen LogP contribution in [0.5, 0.6) is 0 Å². The molecule has 0 spiro atoms. The van der Waals surface area contributed by atoms with Crippen LogP contribution in [0.4, 0.5) is 0 Å². The lowest BCUT2D eigenvalue weighted by atomic mass is 9.80. The molecule has 2 nitrogen and oxygen atoms in total. The molecule has 0 radical (unpaired) electrons. The second-order valence-electron chi connectivity index (χ2n) is 3.63. The van der Waals surface area contributed by atoms with E-state index in [1.54, 1.807) is 6.08 Å². The van der Waals surface area contributed by atoms with E-state index in [2.05, 4.69) is 6.58 Å². The van der Waals surface area contributed by atoms with Crippen LogP contribution in [-0.2, 0) is 0 Å². The molecule has 0 aliphatic rings. The minimum atomic E-state index is -0.352. The van der Waals surface area contributed by atoms with E-state index in [1.165, 1.54) is 0 Å². The van der Waals surface area contributed by atoms with Crippen LogP contribution in [0.1, 0.15) is 27.2 Å². The zero-order valence-electron chi connectivity index (χ0n) is 7.15. The molecule has 0 aromatic carbocycles. The molecule has 0 aromatic heterocycles. The highest BCUT2D eigenvalue weighted by molar-refractivity contribution is 5.01. The van der Waals surface area contributed by atoms with Gasteiger partial charge in [-0.3, -0.25) is 0 Å². The SMILES string of the molecule is C=CCC(C)(N)C(C)(C)N. The van der Waals surface area contributed by atoms with Crippen molar-refractivity contribution >= 4 is 0 Å². The van der Waals surface area contributed by atoms with Crippen molar-refractivity contribution in [2.45, 2.75) is 38.3 Å². The maximum Gasteiger partial charge on any atom is 0.0337 e. The Morgan fingerprint density at radius 3 is 1.80 bits per heavy atom. The summed E-state index contributed by atoms with van der Waals surface area (Å²) in [6, 6.07) is 0. The van der Waals surface area contributed by atoms with E-state index < -0.39 is 0 Å². The summed E-state index contributed by atoms with van der Waals surface area (Å²) < 4.78 is 0. The van der Waals surface area contributed by atoms with Crippen molar-refractivity contribution in [3.8, 4) is 0 Å². The van der Waals surface area contributed by atoms with Gasteiger partial charge in [0.1, 0.15) is 0 Å². The molecule has 10 heavy (non-hydrogen) atoms. The Kier molecular flexibility index (Phi) is 2.63. The minimum absolute atomic E-state index is 0.346. The molecule has 0 bridgehead atoms. The summed E-state index contributed by atoms with van der Waals surface area (Å²) >= 11 is 0. The Balaban J connectivity index is 4.23. The van der Waals surface area contributed by atoms with Gasteiger partial charge in [-0.05, 0) is 27.2 Å². The largest absolute Gasteiger partial charge is 0.324 e. The van der Waals surface area contributed by atoms with Crippen molar-refractivity contribution in [1.29, 1.82) is 0 Å². The van der Waals surface area contributed by atoms with Crippen LogP contribution < -0.4 is 11.5 Å². The lowest BCUT2D eigenvalue weighted by molar-refractivity contribution is 0.286. The molecule has 0 amide bonds. The minimum Gasteiger partial charge on any atom is -0.324 e. The van der Waals surface area contributed by atoms with Gasteiger partial charge in [-0.25, -0.2) is 0 Å². The summed E-state index contributed by atoms with van der Waals surface area (Å²) in [4.78, 5) is 0. The van der Waals surface area contributed by atoms with Crippen LogP contribution in [0.25, 0.3) is 0 Å². The zero-order valence-corrected chi connectivity index (χ0v) is 7.15. The van der Waals surface area contributed by atoms with Crippen molar-refractivity contribution in [1.82, 2.24) is 0 Å². The Labute approximate surface area is 63.3 Å². The molecule has 4 N–H and O–H groups in total. The van der Waals surface area contributed by atoms with Crippen LogP contribution in [0.15, 0.2) is 12.7 Å². The van der Waals surface area contributed by atoms with E-state index in [-0.39, 0.29) is 11.1 Å². The van der Waals surface area contributed by atoms with Gasteiger partial charge in [0.2, 0.25) is 0 Å². The van der Waals surface area contributed by atoms with E-state index in [0.29, 0.717) is 0 Å². The molecule has 0 aliphatic heterocycles. The smallest absolute Gasteiger partial charge is 0.0337 e. The van der Waals surface area contributed by atoms with E-state index in [4.69, 9.17) is 11.5 Å². The highest BCUT2D eigenvalue weighted by Crippen LogP contribution is 2.19. The first kappa shape index (κ1) is 9.66. The van der Waals surface area contributed by atoms with Gasteiger partial charge >= 0.3 is 0 Å². The first-order valence-corrected chi connectivity index (χ1v) is 3.50. The molecule has 0 saturated carbocycles. The molecule has 2 heteroatoms. The van der Waals surface area contributed by atoms with Gasteiger partial charge in [0, 0.05) is 11.1 Å². The van der Waals surface area contributed by atoms with Crippen LogP contribution in [0.2, 0.25) is 0 Å². The van der Waals surface area contributed by atoms with Gasteiger partial charge in [0.25, 0.3) is 0 Å². The molecular formula is C8H18N2. The van der Waals surface area contributed by atoms with Crippen molar-refractivity contribution in [2.24, 2.45) is 11.5 Å². The summed E-state index contributed by atoms with van der Waals surface area (Å²) in [6.45, 7) is 9.42. The number of rotatable bonds is 3. The number of hydrogen-bond acceptors (Lipinski definition) is 2. The lowest BCUT2D eigenvalue weighted by Gasteiger charge is -2.37. The van der Waals surface area contributed by atoms with Crippen LogP contribution in [0, 0.1) is 0 Å². The average molecular weight is 142 g/mol. The summed E-state index contributed by atoms with van der Waals surface area (Å²) in [6.07, 6.45) is 2.55. The third-order valence-electron chi connectivity index (χ3n) is 2.04. The van der Waals surface area contributed by atoms with Gasteiger partial charge in [0.05, 0.1) is 0 Å². The summed E-state index contributed by atoms with van der Waals surface area (Å²) in [5.74, 6) is 0. The normalized spacial score (nSPS) is 18.1. The summed E-state index contributed by atoms with van der Waals surface area (Å²) in [7, 11) is 0. The lowest BCUT2D eigenvalue weighted by Crippen LogP contribution is -2.60. The molecule has 0 fully saturated rings. The van der Waals surface area contributed by atoms with E-state index in [0.717, 1.165) is 6.42 Å². The molecule has 0 aliphatic carbocycles. The van der Waals surface area contributed by atoms with Gasteiger partial charge in [-0.2, -0.15) is 0 Å². The van der Waals surface area contributed by atoms with Crippen molar-refractivity contribution in [3.05, 3.63) is 12.7 Å². The van der Waals surface area contributed by atoms with Gasteiger partial charge in [-0.15, -0.1) is 6.58 Å².